The number of hydrogen-bond donors (Lipinski definition) is 0. The summed E-state index contributed by atoms with van der Waals surface area (Å²) in [5.41, 5.74) is 6.76. The fourth-order valence-corrected chi connectivity index (χ4v) is 6.17. The van der Waals surface area contributed by atoms with E-state index in [4.69, 9.17) is 0 Å². The minimum absolute atomic E-state index is 0.274. The van der Waals surface area contributed by atoms with Gasteiger partial charge in [0, 0.05) is 21.6 Å². The smallest absolute Gasteiger partial charge is 0.0814 e. The van der Waals surface area contributed by atoms with E-state index < -0.39 is 10.8 Å². The first-order chi connectivity index (χ1) is 12.2. The molecular weight excluding hydrogens is 324 g/mol. The molecule has 25 heavy (non-hydrogen) atoms. The second kappa shape index (κ2) is 5.81. The molecule has 0 amide bonds. The first-order valence-electron chi connectivity index (χ1n) is 9.19. The molecule has 2 aromatic carbocycles. The van der Waals surface area contributed by atoms with Crippen molar-refractivity contribution in [2.45, 2.75) is 43.4 Å². The van der Waals surface area contributed by atoms with Crippen molar-refractivity contribution in [1.82, 2.24) is 0 Å². The lowest BCUT2D eigenvalue weighted by Crippen LogP contribution is -2.27. The van der Waals surface area contributed by atoms with Gasteiger partial charge in [0.1, 0.15) is 0 Å². The fraction of sp³-hybridized carbons (Fsp3) is 0.304. The largest absolute Gasteiger partial charge is 0.249 e. The molecule has 1 aliphatic heterocycles. The van der Waals surface area contributed by atoms with Gasteiger partial charge in [-0.1, -0.05) is 54.1 Å². The van der Waals surface area contributed by atoms with Crippen LogP contribution in [0.4, 0.5) is 0 Å². The first kappa shape index (κ1) is 15.3. The van der Waals surface area contributed by atoms with Crippen LogP contribution in [0.25, 0.3) is 0 Å². The lowest BCUT2D eigenvalue weighted by atomic mass is 9.77. The molecule has 2 heteroatoms. The van der Waals surface area contributed by atoms with Crippen molar-refractivity contribution >= 4 is 10.8 Å². The Morgan fingerprint density at radius 3 is 2.52 bits per heavy atom. The van der Waals surface area contributed by atoms with Crippen LogP contribution in [-0.4, -0.2) is 4.21 Å². The summed E-state index contributed by atoms with van der Waals surface area (Å²) in [7, 11) is -1.01. The molecule has 0 saturated carbocycles. The summed E-state index contributed by atoms with van der Waals surface area (Å²) in [6.45, 7) is 2.19. The monoisotopic (exact) mass is 346 g/mol. The van der Waals surface area contributed by atoms with Crippen LogP contribution in [0.5, 0.6) is 0 Å². The van der Waals surface area contributed by atoms with Crippen LogP contribution in [0.1, 0.15) is 41.5 Å². The third-order valence-electron chi connectivity index (χ3n) is 5.92. The molecule has 6 aliphatic rings. The number of benzene rings is 2. The van der Waals surface area contributed by atoms with E-state index >= 15 is 0 Å². The van der Waals surface area contributed by atoms with Crippen molar-refractivity contribution in [2.75, 3.05) is 0 Å². The Morgan fingerprint density at radius 1 is 0.960 bits per heavy atom. The Balaban J connectivity index is 1.73. The highest BCUT2D eigenvalue weighted by atomic mass is 32.2. The second-order valence-electron chi connectivity index (χ2n) is 7.62. The second-order valence-corrected chi connectivity index (χ2v) is 9.07. The zero-order valence-electron chi connectivity index (χ0n) is 14.5. The van der Waals surface area contributed by atoms with E-state index in [1.807, 2.05) is 0 Å². The van der Waals surface area contributed by atoms with E-state index in [0.717, 1.165) is 35.5 Å². The average Bonchev–Trinajstić information content (AvgIpc) is 2.62. The molecule has 0 saturated heterocycles. The zero-order valence-corrected chi connectivity index (χ0v) is 15.3. The summed E-state index contributed by atoms with van der Waals surface area (Å²) in [6, 6.07) is 15.9. The maximum Gasteiger partial charge on any atom is 0.0814 e. The molecule has 0 fully saturated rings. The minimum atomic E-state index is -1.01. The van der Waals surface area contributed by atoms with Gasteiger partial charge in [0.15, 0.2) is 0 Å². The van der Waals surface area contributed by atoms with Gasteiger partial charge in [-0.15, -0.1) is 0 Å². The standard InChI is InChI=1S/C23H22OS/c1-15-2-11-22-21(12-15)20-13-17-6-3-16(4-7-17)5-8-18-9-10-19(20)23(14-18)25(22)24/h3-4,6-7,9-12,14,20-21H,2,5,8,13H2,1H3/t20-,21-,25?/m1/s1. The summed E-state index contributed by atoms with van der Waals surface area (Å²) < 4.78 is 13.3. The van der Waals surface area contributed by atoms with Crippen molar-refractivity contribution in [1.29, 1.82) is 0 Å². The van der Waals surface area contributed by atoms with E-state index in [0.29, 0.717) is 5.92 Å². The van der Waals surface area contributed by atoms with Gasteiger partial charge in [0.2, 0.25) is 0 Å². The number of rotatable bonds is 0. The molecule has 0 N–H and O–H groups in total. The molecule has 6 bridgehead atoms. The predicted octanol–water partition coefficient (Wildman–Crippen LogP) is 5.08. The Morgan fingerprint density at radius 2 is 1.68 bits per heavy atom. The highest BCUT2D eigenvalue weighted by molar-refractivity contribution is 7.89. The van der Waals surface area contributed by atoms with E-state index in [1.165, 1.54) is 27.8 Å². The summed E-state index contributed by atoms with van der Waals surface area (Å²) in [5, 5.41) is 0. The van der Waals surface area contributed by atoms with Gasteiger partial charge in [0.25, 0.3) is 0 Å². The molecule has 3 atom stereocenters. The maximum atomic E-state index is 13.3. The molecule has 1 unspecified atom stereocenters. The van der Waals surface area contributed by atoms with E-state index in [1.54, 1.807) is 0 Å². The predicted molar refractivity (Wildman–Crippen MR) is 103 cm³/mol. The lowest BCUT2D eigenvalue weighted by molar-refractivity contribution is 0.546. The van der Waals surface area contributed by atoms with Crippen LogP contribution in [0.3, 0.4) is 0 Å². The Bertz CT molecular complexity index is 933. The van der Waals surface area contributed by atoms with Crippen LogP contribution in [0.2, 0.25) is 0 Å². The Kier molecular flexibility index (Phi) is 3.56. The normalized spacial score (nSPS) is 27.0. The molecule has 1 heterocycles. The number of fused-ring (bicyclic) bond motifs is 1. The number of aryl methyl sites for hydroxylation is 2. The maximum absolute atomic E-state index is 13.3. The average molecular weight is 346 g/mol. The Labute approximate surface area is 151 Å². The molecule has 8 rings (SSSR count). The van der Waals surface area contributed by atoms with Gasteiger partial charge in [-0.05, 0) is 60.9 Å². The van der Waals surface area contributed by atoms with Gasteiger partial charge in [-0.3, -0.25) is 0 Å². The van der Waals surface area contributed by atoms with E-state index in [9.17, 15) is 4.21 Å². The van der Waals surface area contributed by atoms with Crippen LogP contribution in [0.15, 0.2) is 70.0 Å². The summed E-state index contributed by atoms with van der Waals surface area (Å²) in [5.74, 6) is 0.657. The summed E-state index contributed by atoms with van der Waals surface area (Å²) in [4.78, 5) is 2.20. The molecule has 0 aromatic heterocycles. The number of hydrogen-bond acceptors (Lipinski definition) is 1. The van der Waals surface area contributed by atoms with Gasteiger partial charge in [0.05, 0.1) is 10.8 Å². The van der Waals surface area contributed by atoms with Gasteiger partial charge >= 0.3 is 0 Å². The van der Waals surface area contributed by atoms with Crippen LogP contribution < -0.4 is 0 Å². The third kappa shape index (κ3) is 2.55. The fourth-order valence-electron chi connectivity index (χ4n) is 4.51. The quantitative estimate of drug-likeness (QED) is 0.608. The molecule has 0 radical (unpaired) electrons. The highest BCUT2D eigenvalue weighted by Gasteiger charge is 2.37. The van der Waals surface area contributed by atoms with Gasteiger partial charge < -0.3 is 0 Å². The topological polar surface area (TPSA) is 17.1 Å². The third-order valence-corrected chi connectivity index (χ3v) is 7.54. The highest BCUT2D eigenvalue weighted by Crippen LogP contribution is 2.47. The van der Waals surface area contributed by atoms with Crippen LogP contribution in [-0.2, 0) is 30.1 Å². The molecule has 126 valence electrons. The van der Waals surface area contributed by atoms with Crippen LogP contribution >= 0.6 is 0 Å². The molecule has 1 nitrogen and oxygen atoms in total. The lowest BCUT2D eigenvalue weighted by Gasteiger charge is -2.36. The van der Waals surface area contributed by atoms with Crippen molar-refractivity contribution in [3.05, 3.63) is 87.3 Å². The SMILES string of the molecule is CC1=C[C@H]2C(=CC1)S(=O)c1cc3ccc1[C@H]2Cc1ccc(cc1)CC3. The molecule has 2 aromatic rings. The molecule has 5 aliphatic carbocycles. The summed E-state index contributed by atoms with van der Waals surface area (Å²) >= 11 is 0. The molecule has 0 spiro atoms. The van der Waals surface area contributed by atoms with Crippen LogP contribution in [0, 0.1) is 5.92 Å². The Hall–Kier alpha value is -1.93. The zero-order chi connectivity index (χ0) is 17.0. The van der Waals surface area contributed by atoms with Gasteiger partial charge in [-0.25, -0.2) is 4.21 Å². The summed E-state index contributed by atoms with van der Waals surface area (Å²) in [6.07, 6.45) is 8.60. The minimum Gasteiger partial charge on any atom is -0.249 e. The van der Waals surface area contributed by atoms with Crippen molar-refractivity contribution in [3.63, 3.8) is 0 Å². The van der Waals surface area contributed by atoms with Crippen molar-refractivity contribution in [3.8, 4) is 0 Å². The number of allylic oxidation sites excluding steroid dienone is 4. The molecular formula is C23H22OS. The van der Waals surface area contributed by atoms with E-state index in [-0.39, 0.29) is 5.92 Å². The first-order valence-corrected chi connectivity index (χ1v) is 10.3. The van der Waals surface area contributed by atoms with Crippen molar-refractivity contribution < 1.29 is 4.21 Å². The van der Waals surface area contributed by atoms with Crippen molar-refractivity contribution in [2.24, 2.45) is 5.92 Å². The van der Waals surface area contributed by atoms with Gasteiger partial charge in [-0.2, -0.15) is 0 Å². The van der Waals surface area contributed by atoms with E-state index in [2.05, 4.69) is 61.5 Å².